The van der Waals surface area contributed by atoms with Gasteiger partial charge in [0.25, 0.3) is 5.78 Å². The number of unbranched alkanes of at least 4 members (excludes halogenated alkanes) is 1. The van der Waals surface area contributed by atoms with Crippen LogP contribution in [0.2, 0.25) is 0 Å². The van der Waals surface area contributed by atoms with Crippen molar-refractivity contribution >= 4 is 17.7 Å². The third-order valence-electron chi connectivity index (χ3n) is 3.38. The number of carbonyl (C=O) groups is 3. The van der Waals surface area contributed by atoms with Crippen LogP contribution in [0.25, 0.3) is 0 Å². The SMILES string of the molecule is CCCCOc1ccc(C(=O)C(=O)NOC(C)(C)C(=O)OC(C)(C)C)cc1. The number of amides is 1. The van der Waals surface area contributed by atoms with Gasteiger partial charge in [-0.05, 0) is 65.3 Å². The van der Waals surface area contributed by atoms with E-state index in [-0.39, 0.29) is 5.56 Å². The molecule has 1 aromatic carbocycles. The minimum atomic E-state index is -1.44. The molecular formula is C20H29NO6. The Bertz CT molecular complexity index is 658. The molecule has 0 bridgehead atoms. The van der Waals surface area contributed by atoms with Gasteiger partial charge in [-0.3, -0.25) is 14.4 Å². The first kappa shape index (κ1) is 22.6. The van der Waals surface area contributed by atoms with Crippen LogP contribution in [0.15, 0.2) is 24.3 Å². The maximum Gasteiger partial charge on any atom is 0.341 e. The predicted molar refractivity (Wildman–Crippen MR) is 100 cm³/mol. The lowest BCUT2D eigenvalue weighted by molar-refractivity contribution is -0.189. The zero-order valence-corrected chi connectivity index (χ0v) is 16.9. The van der Waals surface area contributed by atoms with Crippen LogP contribution >= 0.6 is 0 Å². The standard InChI is InChI=1S/C20H29NO6/c1-7-8-13-25-15-11-9-14(10-12-15)16(22)17(23)21-27-20(5,6)18(24)26-19(2,3)4/h9-12H,7-8,13H2,1-6H3,(H,21,23). The van der Waals surface area contributed by atoms with E-state index in [0.717, 1.165) is 12.8 Å². The third-order valence-corrected chi connectivity index (χ3v) is 3.38. The minimum absolute atomic E-state index is 0.189. The lowest BCUT2D eigenvalue weighted by atomic mass is 10.1. The Balaban J connectivity index is 2.61. The molecular weight excluding hydrogens is 350 g/mol. The van der Waals surface area contributed by atoms with Gasteiger partial charge in [0, 0.05) is 5.56 Å². The minimum Gasteiger partial charge on any atom is -0.494 e. The summed E-state index contributed by atoms with van der Waals surface area (Å²) in [5, 5.41) is 0. The van der Waals surface area contributed by atoms with Crippen LogP contribution in [0, 0.1) is 0 Å². The average Bonchev–Trinajstić information content (AvgIpc) is 2.58. The van der Waals surface area contributed by atoms with Crippen LogP contribution in [0.4, 0.5) is 0 Å². The molecule has 0 heterocycles. The Kier molecular flexibility index (Phi) is 7.97. The summed E-state index contributed by atoms with van der Waals surface area (Å²) in [5.41, 5.74) is 0.0725. The van der Waals surface area contributed by atoms with E-state index in [0.29, 0.717) is 12.4 Å². The van der Waals surface area contributed by atoms with Gasteiger partial charge in [0.2, 0.25) is 0 Å². The highest BCUT2D eigenvalue weighted by Crippen LogP contribution is 2.17. The normalized spacial score (nSPS) is 11.6. The van der Waals surface area contributed by atoms with E-state index in [1.165, 1.54) is 26.0 Å². The summed E-state index contributed by atoms with van der Waals surface area (Å²) in [7, 11) is 0. The highest BCUT2D eigenvalue weighted by Gasteiger charge is 2.35. The molecule has 27 heavy (non-hydrogen) atoms. The first-order chi connectivity index (χ1) is 12.5. The molecule has 0 fully saturated rings. The molecule has 0 radical (unpaired) electrons. The summed E-state index contributed by atoms with van der Waals surface area (Å²) in [6.45, 7) is 10.7. The third kappa shape index (κ3) is 7.78. The molecule has 0 aliphatic rings. The van der Waals surface area contributed by atoms with E-state index < -0.39 is 28.9 Å². The van der Waals surface area contributed by atoms with E-state index >= 15 is 0 Å². The number of carbonyl (C=O) groups excluding carboxylic acids is 3. The van der Waals surface area contributed by atoms with Gasteiger partial charge in [-0.25, -0.2) is 10.3 Å². The van der Waals surface area contributed by atoms with Crippen molar-refractivity contribution in [2.45, 2.75) is 65.6 Å². The van der Waals surface area contributed by atoms with Crippen molar-refractivity contribution in [1.82, 2.24) is 5.48 Å². The Morgan fingerprint density at radius 1 is 1.00 bits per heavy atom. The molecule has 0 spiro atoms. The van der Waals surface area contributed by atoms with Crippen molar-refractivity contribution in [3.05, 3.63) is 29.8 Å². The Hall–Kier alpha value is -2.41. The van der Waals surface area contributed by atoms with Gasteiger partial charge >= 0.3 is 11.9 Å². The van der Waals surface area contributed by atoms with Gasteiger partial charge in [-0.2, -0.15) is 0 Å². The molecule has 0 aliphatic carbocycles. The fourth-order valence-electron chi connectivity index (χ4n) is 1.83. The molecule has 150 valence electrons. The highest BCUT2D eigenvalue weighted by molar-refractivity contribution is 6.42. The van der Waals surface area contributed by atoms with E-state index in [1.807, 2.05) is 5.48 Å². The Morgan fingerprint density at radius 3 is 2.11 bits per heavy atom. The summed E-state index contributed by atoms with van der Waals surface area (Å²) in [4.78, 5) is 41.4. The maximum absolute atomic E-state index is 12.2. The number of ketones is 1. The summed E-state index contributed by atoms with van der Waals surface area (Å²) in [5.74, 6) is -1.79. The molecule has 0 saturated carbocycles. The summed E-state index contributed by atoms with van der Waals surface area (Å²) in [6, 6.07) is 6.26. The van der Waals surface area contributed by atoms with Gasteiger partial charge in [-0.15, -0.1) is 0 Å². The summed E-state index contributed by atoms with van der Waals surface area (Å²) < 4.78 is 10.7. The maximum atomic E-state index is 12.2. The molecule has 1 aromatic rings. The zero-order chi connectivity index (χ0) is 20.7. The topological polar surface area (TPSA) is 90.9 Å². The second kappa shape index (κ2) is 9.50. The molecule has 0 saturated heterocycles. The van der Waals surface area contributed by atoms with Crippen LogP contribution in [0.3, 0.4) is 0 Å². The first-order valence-corrected chi connectivity index (χ1v) is 8.95. The molecule has 0 aromatic heterocycles. The first-order valence-electron chi connectivity index (χ1n) is 8.95. The van der Waals surface area contributed by atoms with Crippen LogP contribution < -0.4 is 10.2 Å². The number of ether oxygens (including phenoxy) is 2. The molecule has 0 unspecified atom stereocenters. The molecule has 0 atom stereocenters. The lowest BCUT2D eigenvalue weighted by Gasteiger charge is -2.27. The van der Waals surface area contributed by atoms with Gasteiger partial charge in [0.15, 0.2) is 5.60 Å². The van der Waals surface area contributed by atoms with Crippen molar-refractivity contribution in [2.24, 2.45) is 0 Å². The number of Topliss-reactive ketones (excluding diaryl/α,β-unsaturated/α-hetero) is 1. The number of rotatable bonds is 9. The van der Waals surface area contributed by atoms with Gasteiger partial charge in [-0.1, -0.05) is 13.3 Å². The molecule has 1 N–H and O–H groups in total. The summed E-state index contributed by atoms with van der Waals surface area (Å²) in [6.07, 6.45) is 1.96. The van der Waals surface area contributed by atoms with E-state index in [1.54, 1.807) is 32.9 Å². The Labute approximate surface area is 160 Å². The fraction of sp³-hybridized carbons (Fsp3) is 0.550. The largest absolute Gasteiger partial charge is 0.494 e. The molecule has 0 aliphatic heterocycles. The van der Waals surface area contributed by atoms with Crippen LogP contribution in [-0.2, 0) is 19.2 Å². The van der Waals surface area contributed by atoms with Crippen molar-refractivity contribution in [2.75, 3.05) is 6.61 Å². The fourth-order valence-corrected chi connectivity index (χ4v) is 1.83. The molecule has 7 heteroatoms. The van der Waals surface area contributed by atoms with Crippen LogP contribution in [-0.4, -0.2) is 35.5 Å². The smallest absolute Gasteiger partial charge is 0.341 e. The zero-order valence-electron chi connectivity index (χ0n) is 16.9. The monoisotopic (exact) mass is 379 g/mol. The second-order valence-corrected chi connectivity index (χ2v) is 7.60. The Morgan fingerprint density at radius 2 is 1.59 bits per heavy atom. The quantitative estimate of drug-likeness (QED) is 0.233. The predicted octanol–water partition coefficient (Wildman–Crippen LogP) is 3.22. The van der Waals surface area contributed by atoms with Gasteiger partial charge in [0.1, 0.15) is 11.4 Å². The van der Waals surface area contributed by atoms with E-state index in [2.05, 4.69) is 6.92 Å². The number of hydrogen-bond acceptors (Lipinski definition) is 6. The molecule has 1 rings (SSSR count). The van der Waals surface area contributed by atoms with Crippen molar-refractivity contribution < 1.29 is 28.7 Å². The molecule has 1 amide bonds. The lowest BCUT2D eigenvalue weighted by Crippen LogP contribution is -2.46. The highest BCUT2D eigenvalue weighted by atomic mass is 16.7. The van der Waals surface area contributed by atoms with Crippen molar-refractivity contribution in [3.8, 4) is 5.75 Å². The van der Waals surface area contributed by atoms with Crippen molar-refractivity contribution in [1.29, 1.82) is 0 Å². The average molecular weight is 379 g/mol. The number of esters is 1. The number of benzene rings is 1. The molecule has 7 nitrogen and oxygen atoms in total. The van der Waals surface area contributed by atoms with Crippen LogP contribution in [0.5, 0.6) is 5.75 Å². The summed E-state index contributed by atoms with van der Waals surface area (Å²) >= 11 is 0. The van der Waals surface area contributed by atoms with Crippen molar-refractivity contribution in [3.63, 3.8) is 0 Å². The van der Waals surface area contributed by atoms with E-state index in [4.69, 9.17) is 14.3 Å². The number of hydrogen-bond donors (Lipinski definition) is 1. The second-order valence-electron chi connectivity index (χ2n) is 7.60. The van der Waals surface area contributed by atoms with Gasteiger partial charge in [0.05, 0.1) is 6.61 Å². The van der Waals surface area contributed by atoms with Crippen LogP contribution in [0.1, 0.15) is 64.7 Å². The number of hydroxylamine groups is 1. The van der Waals surface area contributed by atoms with Gasteiger partial charge < -0.3 is 9.47 Å². The van der Waals surface area contributed by atoms with E-state index in [9.17, 15) is 14.4 Å². The number of nitrogens with one attached hydrogen (secondary N) is 1.